The van der Waals surface area contributed by atoms with Gasteiger partial charge in [0.2, 0.25) is 0 Å². The van der Waals surface area contributed by atoms with Gasteiger partial charge in [0, 0.05) is 25.2 Å². The highest BCUT2D eigenvalue weighted by atomic mass is 19.1. The van der Waals surface area contributed by atoms with Crippen molar-refractivity contribution in [2.75, 3.05) is 26.2 Å². The quantitative estimate of drug-likeness (QED) is 0.751. The van der Waals surface area contributed by atoms with Crippen molar-refractivity contribution in [2.24, 2.45) is 0 Å². The summed E-state index contributed by atoms with van der Waals surface area (Å²) in [5.74, 6) is -0.261. The number of nitrogens with zero attached hydrogens (tertiary/aromatic N) is 2. The molecule has 1 spiro atoms. The fourth-order valence-corrected chi connectivity index (χ4v) is 5.51. The normalized spacial score (nSPS) is 27.7. The standard InChI is InChI=1S/C26H29FN4O2/c27-20-8-9-24-22(13-20)25(32)29-16-26(33-24)10-3-11-31(17-26)15-21-6-2-7-23(30-21)19-5-1-4-18(12-19)14-28/h1,4-5,8-9,12-13,21,23,30H,2-3,6-7,10-11,15-17H2,(H,29,32)/t21?,23?,26-/m0/s1. The van der Waals surface area contributed by atoms with Gasteiger partial charge < -0.3 is 15.4 Å². The highest BCUT2D eigenvalue weighted by Crippen LogP contribution is 2.33. The van der Waals surface area contributed by atoms with Crippen LogP contribution >= 0.6 is 0 Å². The number of hydrogen-bond donors (Lipinski definition) is 2. The van der Waals surface area contributed by atoms with Crippen LogP contribution in [0, 0.1) is 17.1 Å². The summed E-state index contributed by atoms with van der Waals surface area (Å²) >= 11 is 0. The summed E-state index contributed by atoms with van der Waals surface area (Å²) in [7, 11) is 0. The first-order chi connectivity index (χ1) is 16.0. The van der Waals surface area contributed by atoms with Gasteiger partial charge in [-0.2, -0.15) is 5.26 Å². The molecule has 2 aromatic carbocycles. The molecule has 3 heterocycles. The Bertz CT molecular complexity index is 1080. The number of amides is 1. The molecule has 2 unspecified atom stereocenters. The summed E-state index contributed by atoms with van der Waals surface area (Å²) in [4.78, 5) is 14.9. The first-order valence-electron chi connectivity index (χ1n) is 11.8. The summed E-state index contributed by atoms with van der Waals surface area (Å²) in [6, 6.07) is 14.9. The van der Waals surface area contributed by atoms with Crippen LogP contribution in [-0.4, -0.2) is 48.6 Å². The van der Waals surface area contributed by atoms with Gasteiger partial charge in [-0.1, -0.05) is 12.1 Å². The Morgan fingerprint density at radius 3 is 3.00 bits per heavy atom. The molecular formula is C26H29FN4O2. The van der Waals surface area contributed by atoms with Crippen molar-refractivity contribution in [2.45, 2.75) is 49.8 Å². The van der Waals surface area contributed by atoms with Crippen molar-refractivity contribution in [3.05, 3.63) is 65.0 Å². The number of nitrogens with one attached hydrogen (secondary N) is 2. The Balaban J connectivity index is 1.27. The van der Waals surface area contributed by atoms with Gasteiger partial charge in [0.1, 0.15) is 17.2 Å². The third kappa shape index (κ3) is 4.73. The van der Waals surface area contributed by atoms with E-state index in [9.17, 15) is 14.4 Å². The van der Waals surface area contributed by atoms with Crippen LogP contribution in [0.15, 0.2) is 42.5 Å². The maximum atomic E-state index is 13.7. The maximum Gasteiger partial charge on any atom is 0.255 e. The zero-order chi connectivity index (χ0) is 22.8. The molecule has 2 aromatic rings. The van der Waals surface area contributed by atoms with E-state index >= 15 is 0 Å². The van der Waals surface area contributed by atoms with Crippen molar-refractivity contribution >= 4 is 5.91 Å². The van der Waals surface area contributed by atoms with E-state index in [0.717, 1.165) is 51.7 Å². The van der Waals surface area contributed by atoms with Crippen LogP contribution in [0.5, 0.6) is 5.75 Å². The summed E-state index contributed by atoms with van der Waals surface area (Å²) in [6.45, 7) is 3.03. The molecule has 0 saturated carbocycles. The average Bonchev–Trinajstić information content (AvgIpc) is 2.96. The summed E-state index contributed by atoms with van der Waals surface area (Å²) in [5.41, 5.74) is 1.63. The number of nitriles is 1. The molecule has 3 atom stereocenters. The first kappa shape index (κ1) is 21.9. The van der Waals surface area contributed by atoms with Gasteiger partial charge in [-0.3, -0.25) is 9.69 Å². The molecule has 0 radical (unpaired) electrons. The van der Waals surface area contributed by atoms with Crippen LogP contribution in [0.4, 0.5) is 4.39 Å². The molecule has 0 aliphatic carbocycles. The Morgan fingerprint density at radius 2 is 2.12 bits per heavy atom. The summed E-state index contributed by atoms with van der Waals surface area (Å²) in [5, 5.41) is 16.0. The molecule has 0 aromatic heterocycles. The van der Waals surface area contributed by atoms with E-state index in [1.807, 2.05) is 18.2 Å². The van der Waals surface area contributed by atoms with E-state index in [1.54, 1.807) is 6.07 Å². The fourth-order valence-electron chi connectivity index (χ4n) is 5.51. The van der Waals surface area contributed by atoms with Crippen LogP contribution in [-0.2, 0) is 0 Å². The van der Waals surface area contributed by atoms with Crippen molar-refractivity contribution in [1.82, 2.24) is 15.5 Å². The molecule has 3 aliphatic rings. The topological polar surface area (TPSA) is 77.4 Å². The highest BCUT2D eigenvalue weighted by Gasteiger charge is 2.41. The lowest BCUT2D eigenvalue weighted by atomic mass is 9.90. The highest BCUT2D eigenvalue weighted by molar-refractivity contribution is 5.97. The van der Waals surface area contributed by atoms with E-state index in [0.29, 0.717) is 23.9 Å². The second kappa shape index (κ2) is 9.12. The zero-order valence-corrected chi connectivity index (χ0v) is 18.6. The lowest BCUT2D eigenvalue weighted by Crippen LogP contribution is -2.58. The minimum atomic E-state index is -0.508. The predicted molar refractivity (Wildman–Crippen MR) is 122 cm³/mol. The maximum absolute atomic E-state index is 13.7. The van der Waals surface area contributed by atoms with Gasteiger partial charge in [-0.05, 0) is 74.5 Å². The summed E-state index contributed by atoms with van der Waals surface area (Å²) in [6.07, 6.45) is 5.15. The van der Waals surface area contributed by atoms with Crippen molar-refractivity contribution in [3.8, 4) is 11.8 Å². The Labute approximate surface area is 193 Å². The molecule has 1 amide bonds. The Kier molecular flexibility index (Phi) is 6.05. The van der Waals surface area contributed by atoms with E-state index in [-0.39, 0.29) is 17.5 Å². The molecular weight excluding hydrogens is 419 g/mol. The van der Waals surface area contributed by atoms with Gasteiger partial charge in [-0.15, -0.1) is 0 Å². The second-order valence-corrected chi connectivity index (χ2v) is 9.53. The average molecular weight is 449 g/mol. The zero-order valence-electron chi connectivity index (χ0n) is 18.6. The van der Waals surface area contributed by atoms with Crippen LogP contribution in [0.1, 0.15) is 59.6 Å². The van der Waals surface area contributed by atoms with Gasteiger partial charge >= 0.3 is 0 Å². The van der Waals surface area contributed by atoms with Crippen LogP contribution in [0.25, 0.3) is 0 Å². The van der Waals surface area contributed by atoms with E-state index in [4.69, 9.17) is 4.74 Å². The summed E-state index contributed by atoms with van der Waals surface area (Å²) < 4.78 is 20.1. The van der Waals surface area contributed by atoms with Gasteiger partial charge in [0.25, 0.3) is 5.91 Å². The van der Waals surface area contributed by atoms with Gasteiger partial charge in [0.05, 0.1) is 23.7 Å². The number of carbonyl (C=O) groups is 1. The monoisotopic (exact) mass is 448 g/mol. The largest absolute Gasteiger partial charge is 0.483 e. The molecule has 2 fully saturated rings. The number of halogens is 1. The third-order valence-electron chi connectivity index (χ3n) is 7.08. The third-order valence-corrected chi connectivity index (χ3v) is 7.08. The fraction of sp³-hybridized carbons (Fsp3) is 0.462. The Hall–Kier alpha value is -2.95. The number of rotatable bonds is 3. The molecule has 172 valence electrons. The second-order valence-electron chi connectivity index (χ2n) is 9.53. The lowest BCUT2D eigenvalue weighted by Gasteiger charge is -2.44. The number of benzene rings is 2. The van der Waals surface area contributed by atoms with Crippen molar-refractivity contribution < 1.29 is 13.9 Å². The molecule has 33 heavy (non-hydrogen) atoms. The minimum absolute atomic E-state index is 0.256. The molecule has 7 heteroatoms. The number of hydrogen-bond acceptors (Lipinski definition) is 5. The van der Waals surface area contributed by atoms with Gasteiger partial charge in [-0.25, -0.2) is 4.39 Å². The smallest absolute Gasteiger partial charge is 0.255 e. The number of piperidine rings is 2. The van der Waals surface area contributed by atoms with Crippen LogP contribution in [0.3, 0.4) is 0 Å². The first-order valence-corrected chi connectivity index (χ1v) is 11.8. The van der Waals surface area contributed by atoms with E-state index in [1.165, 1.54) is 17.7 Å². The van der Waals surface area contributed by atoms with E-state index < -0.39 is 11.4 Å². The molecule has 2 N–H and O–H groups in total. The van der Waals surface area contributed by atoms with Gasteiger partial charge in [0.15, 0.2) is 0 Å². The number of carbonyl (C=O) groups excluding carboxylic acids is 1. The number of ether oxygens (including phenoxy) is 1. The Morgan fingerprint density at radius 1 is 1.21 bits per heavy atom. The van der Waals surface area contributed by atoms with Crippen LogP contribution < -0.4 is 15.4 Å². The number of fused-ring (bicyclic) bond motifs is 1. The minimum Gasteiger partial charge on any atom is -0.483 e. The molecule has 3 aliphatic heterocycles. The van der Waals surface area contributed by atoms with Crippen LogP contribution in [0.2, 0.25) is 0 Å². The molecule has 6 nitrogen and oxygen atoms in total. The number of likely N-dealkylation sites (tertiary alicyclic amines) is 1. The van der Waals surface area contributed by atoms with E-state index in [2.05, 4.69) is 27.7 Å². The SMILES string of the molecule is N#Cc1cccc(C2CCCC(CN3CCC[C@]4(CNC(=O)c5cc(F)ccc5O4)C3)N2)c1. The molecule has 0 bridgehead atoms. The lowest BCUT2D eigenvalue weighted by molar-refractivity contribution is -0.00853. The van der Waals surface area contributed by atoms with Crippen molar-refractivity contribution in [1.29, 1.82) is 5.26 Å². The van der Waals surface area contributed by atoms with Crippen molar-refractivity contribution in [3.63, 3.8) is 0 Å². The molecule has 2 saturated heterocycles. The molecule has 5 rings (SSSR count). The predicted octanol–water partition coefficient (Wildman–Crippen LogP) is 3.54.